The summed E-state index contributed by atoms with van der Waals surface area (Å²) in [6.45, 7) is 9.33. The fraction of sp³-hybridized carbons (Fsp3) is 0.407. The Balaban J connectivity index is 1.31. The SMILES string of the molecule is Cc1ncc(CCCN2C[C@@H](C)O[C@H](C)C2)cc1Nc1ncc2c(n1)-c1ccc(Cl)cc1NC(=S)C2. The monoisotopic (exact) mass is 522 g/mol. The average molecular weight is 523 g/mol. The summed E-state index contributed by atoms with van der Waals surface area (Å²) in [5.74, 6) is 0.529. The van der Waals surface area contributed by atoms with Gasteiger partial charge in [0, 0.05) is 53.7 Å². The Morgan fingerprint density at radius 3 is 2.78 bits per heavy atom. The van der Waals surface area contributed by atoms with Gasteiger partial charge in [-0.25, -0.2) is 9.97 Å². The number of ether oxygens (including phenoxy) is 1. The van der Waals surface area contributed by atoms with Crippen LogP contribution in [0.15, 0.2) is 36.7 Å². The number of thiocarbonyl (C=S) groups is 1. The van der Waals surface area contributed by atoms with Crippen molar-refractivity contribution in [3.63, 3.8) is 0 Å². The van der Waals surface area contributed by atoms with E-state index in [9.17, 15) is 0 Å². The minimum Gasteiger partial charge on any atom is -0.373 e. The van der Waals surface area contributed by atoms with Gasteiger partial charge >= 0.3 is 0 Å². The Bertz CT molecular complexity index is 1280. The Morgan fingerprint density at radius 1 is 1.17 bits per heavy atom. The first-order chi connectivity index (χ1) is 17.3. The highest BCUT2D eigenvalue weighted by atomic mass is 35.5. The first-order valence-electron chi connectivity index (χ1n) is 12.4. The molecule has 2 aromatic heterocycles. The molecule has 0 bridgehead atoms. The predicted octanol–water partition coefficient (Wildman–Crippen LogP) is 5.58. The molecule has 188 valence electrons. The summed E-state index contributed by atoms with van der Waals surface area (Å²) < 4.78 is 5.85. The van der Waals surface area contributed by atoms with Gasteiger partial charge in [0.25, 0.3) is 0 Å². The number of aryl methyl sites for hydroxylation is 2. The van der Waals surface area contributed by atoms with Crippen LogP contribution >= 0.6 is 23.8 Å². The maximum atomic E-state index is 6.22. The summed E-state index contributed by atoms with van der Waals surface area (Å²) in [5.41, 5.74) is 6.66. The molecule has 0 aliphatic carbocycles. The average Bonchev–Trinajstić information content (AvgIpc) is 2.95. The third kappa shape index (κ3) is 5.83. The maximum Gasteiger partial charge on any atom is 0.227 e. The number of anilines is 3. The van der Waals surface area contributed by atoms with Crippen LogP contribution in [0, 0.1) is 6.92 Å². The second-order valence-electron chi connectivity index (χ2n) is 9.70. The van der Waals surface area contributed by atoms with E-state index in [-0.39, 0.29) is 0 Å². The molecule has 0 spiro atoms. The second kappa shape index (κ2) is 10.8. The number of nitrogens with zero attached hydrogens (tertiary/aromatic N) is 4. The van der Waals surface area contributed by atoms with Crippen LogP contribution in [0.2, 0.25) is 5.02 Å². The van der Waals surface area contributed by atoms with Crippen molar-refractivity contribution in [3.8, 4) is 11.3 Å². The third-order valence-electron chi connectivity index (χ3n) is 6.55. The largest absolute Gasteiger partial charge is 0.373 e. The molecule has 2 aliphatic heterocycles. The molecular formula is C27H31ClN6OS. The number of halogens is 1. The van der Waals surface area contributed by atoms with Gasteiger partial charge in [-0.15, -0.1) is 0 Å². The van der Waals surface area contributed by atoms with Crippen LogP contribution < -0.4 is 10.6 Å². The minimum atomic E-state index is 0.293. The highest BCUT2D eigenvalue weighted by Crippen LogP contribution is 2.35. The number of nitrogens with one attached hydrogen (secondary N) is 2. The van der Waals surface area contributed by atoms with E-state index in [4.69, 9.17) is 33.5 Å². The topological polar surface area (TPSA) is 75.2 Å². The molecule has 3 aromatic rings. The lowest BCUT2D eigenvalue weighted by Gasteiger charge is -2.35. The second-order valence-corrected chi connectivity index (χ2v) is 10.6. The molecule has 7 nitrogen and oxygen atoms in total. The summed E-state index contributed by atoms with van der Waals surface area (Å²) in [6, 6.07) is 7.87. The highest BCUT2D eigenvalue weighted by Gasteiger charge is 2.22. The summed E-state index contributed by atoms with van der Waals surface area (Å²) in [7, 11) is 0. The van der Waals surface area contributed by atoms with Gasteiger partial charge in [-0.2, -0.15) is 0 Å². The molecule has 5 rings (SSSR count). The molecule has 2 aliphatic rings. The number of pyridine rings is 1. The van der Waals surface area contributed by atoms with Gasteiger partial charge in [-0.05, 0) is 70.0 Å². The maximum absolute atomic E-state index is 6.22. The van der Waals surface area contributed by atoms with E-state index in [1.807, 2.05) is 37.5 Å². The number of hydrogen-bond acceptors (Lipinski definition) is 7. The van der Waals surface area contributed by atoms with Crippen molar-refractivity contribution in [2.75, 3.05) is 30.3 Å². The van der Waals surface area contributed by atoms with E-state index in [0.717, 1.165) is 71.4 Å². The highest BCUT2D eigenvalue weighted by molar-refractivity contribution is 7.80. The fourth-order valence-corrected chi connectivity index (χ4v) is 5.39. The van der Waals surface area contributed by atoms with E-state index in [1.165, 1.54) is 5.56 Å². The van der Waals surface area contributed by atoms with Gasteiger partial charge in [0.2, 0.25) is 5.95 Å². The fourth-order valence-electron chi connectivity index (χ4n) is 4.96. The zero-order valence-corrected chi connectivity index (χ0v) is 22.4. The summed E-state index contributed by atoms with van der Waals surface area (Å²) >= 11 is 11.7. The lowest BCUT2D eigenvalue weighted by atomic mass is 10.1. The number of morpholine rings is 1. The van der Waals surface area contributed by atoms with E-state index >= 15 is 0 Å². The van der Waals surface area contributed by atoms with Gasteiger partial charge < -0.3 is 15.4 Å². The van der Waals surface area contributed by atoms with E-state index in [2.05, 4.69) is 45.4 Å². The predicted molar refractivity (Wildman–Crippen MR) is 149 cm³/mol. The van der Waals surface area contributed by atoms with Crippen LogP contribution in [-0.4, -0.2) is 56.7 Å². The van der Waals surface area contributed by atoms with Crippen LogP contribution in [0.3, 0.4) is 0 Å². The number of hydrogen-bond donors (Lipinski definition) is 2. The first-order valence-corrected chi connectivity index (χ1v) is 13.2. The molecule has 1 fully saturated rings. The van der Waals surface area contributed by atoms with Gasteiger partial charge in [-0.3, -0.25) is 9.88 Å². The standard InChI is InChI=1S/C27H31ClN6OS/c1-16-14-34(15-17(2)35-16)8-4-5-19-9-23(18(3)29-12-19)32-27-30-13-20-10-25(36)31-24-11-21(28)6-7-22(24)26(20)33-27/h6-7,9,11-13,16-17H,4-5,8,10,14-15H2,1-3H3,(H,31,36)(H,30,32,33)/t16-,17-/m1/s1. The van der Waals surface area contributed by atoms with Crippen LogP contribution in [0.25, 0.3) is 11.3 Å². The molecule has 0 amide bonds. The smallest absolute Gasteiger partial charge is 0.227 e. The van der Waals surface area contributed by atoms with Crippen molar-refractivity contribution in [3.05, 3.63) is 58.5 Å². The van der Waals surface area contributed by atoms with E-state index < -0.39 is 0 Å². The zero-order chi connectivity index (χ0) is 25.2. The number of rotatable bonds is 6. The van der Waals surface area contributed by atoms with Crippen molar-refractivity contribution in [1.82, 2.24) is 19.9 Å². The lowest BCUT2D eigenvalue weighted by molar-refractivity contribution is -0.0680. The zero-order valence-electron chi connectivity index (χ0n) is 20.8. The molecule has 0 radical (unpaired) electrons. The van der Waals surface area contributed by atoms with Crippen molar-refractivity contribution in [2.24, 2.45) is 0 Å². The Morgan fingerprint density at radius 2 is 1.97 bits per heavy atom. The van der Waals surface area contributed by atoms with Crippen LogP contribution in [0.1, 0.15) is 37.1 Å². The first kappa shape index (κ1) is 25.0. The van der Waals surface area contributed by atoms with Crippen LogP contribution in [0.5, 0.6) is 0 Å². The molecule has 9 heteroatoms. The summed E-state index contributed by atoms with van der Waals surface area (Å²) in [4.78, 5) is 17.3. The van der Waals surface area contributed by atoms with Gasteiger partial charge in [0.05, 0.1) is 34.3 Å². The van der Waals surface area contributed by atoms with Gasteiger partial charge in [-0.1, -0.05) is 23.8 Å². The van der Waals surface area contributed by atoms with E-state index in [0.29, 0.717) is 29.6 Å². The molecule has 2 atom stereocenters. The van der Waals surface area contributed by atoms with Crippen molar-refractivity contribution >= 4 is 46.1 Å². The molecule has 2 N–H and O–H groups in total. The van der Waals surface area contributed by atoms with Gasteiger partial charge in [0.1, 0.15) is 0 Å². The third-order valence-corrected chi connectivity index (χ3v) is 7.03. The van der Waals surface area contributed by atoms with Crippen molar-refractivity contribution in [2.45, 2.75) is 52.2 Å². The minimum absolute atomic E-state index is 0.293. The van der Waals surface area contributed by atoms with Crippen LogP contribution in [0.4, 0.5) is 17.3 Å². The van der Waals surface area contributed by atoms with Crippen molar-refractivity contribution < 1.29 is 4.74 Å². The van der Waals surface area contributed by atoms with E-state index in [1.54, 1.807) is 0 Å². The normalized spacial score (nSPS) is 19.7. The molecule has 4 heterocycles. The lowest BCUT2D eigenvalue weighted by Crippen LogP contribution is -2.45. The Hall–Kier alpha value is -2.65. The quantitative estimate of drug-likeness (QED) is 0.406. The Kier molecular flexibility index (Phi) is 7.48. The summed E-state index contributed by atoms with van der Waals surface area (Å²) in [5, 5.41) is 7.33. The number of fused-ring (bicyclic) bond motifs is 3. The molecular weight excluding hydrogens is 492 g/mol. The summed E-state index contributed by atoms with van der Waals surface area (Å²) in [6.07, 6.45) is 7.02. The number of aromatic nitrogens is 3. The van der Waals surface area contributed by atoms with Crippen molar-refractivity contribution in [1.29, 1.82) is 0 Å². The van der Waals surface area contributed by atoms with Gasteiger partial charge in [0.15, 0.2) is 0 Å². The molecule has 1 saturated heterocycles. The molecule has 1 aromatic carbocycles. The van der Waals surface area contributed by atoms with Crippen LogP contribution in [-0.2, 0) is 17.6 Å². The molecule has 0 saturated carbocycles. The molecule has 36 heavy (non-hydrogen) atoms. The Labute approximate surface area is 222 Å². The number of benzene rings is 1. The molecule has 0 unspecified atom stereocenters.